The largest absolute Gasteiger partial charge is 0.369 e. The fourth-order valence-electron chi connectivity index (χ4n) is 3.93. The van der Waals surface area contributed by atoms with Crippen molar-refractivity contribution in [2.45, 2.75) is 12.8 Å². The van der Waals surface area contributed by atoms with Gasteiger partial charge in [-0.25, -0.2) is 0 Å². The summed E-state index contributed by atoms with van der Waals surface area (Å²) in [5, 5.41) is 0.789. The molecular formula is C21H23BrClN3O. The van der Waals surface area contributed by atoms with Gasteiger partial charge >= 0.3 is 0 Å². The molecule has 0 saturated carbocycles. The van der Waals surface area contributed by atoms with Gasteiger partial charge in [0.1, 0.15) is 0 Å². The highest BCUT2D eigenvalue weighted by Crippen LogP contribution is 2.31. The van der Waals surface area contributed by atoms with E-state index in [2.05, 4.69) is 37.9 Å². The number of halogens is 2. The molecule has 1 amide bonds. The van der Waals surface area contributed by atoms with Crippen molar-refractivity contribution in [1.82, 2.24) is 4.90 Å². The molecule has 0 aliphatic carbocycles. The molecule has 2 aliphatic rings. The van der Waals surface area contributed by atoms with Gasteiger partial charge in [0.2, 0.25) is 5.91 Å². The molecule has 0 N–H and O–H groups in total. The zero-order chi connectivity index (χ0) is 18.8. The first-order valence-electron chi connectivity index (χ1n) is 9.42. The molecule has 2 aliphatic heterocycles. The van der Waals surface area contributed by atoms with Crippen LogP contribution in [-0.4, -0.2) is 50.1 Å². The predicted molar refractivity (Wildman–Crippen MR) is 115 cm³/mol. The van der Waals surface area contributed by atoms with Crippen LogP contribution in [0.15, 0.2) is 46.9 Å². The second-order valence-corrected chi connectivity index (χ2v) is 8.51. The molecule has 0 bridgehead atoms. The van der Waals surface area contributed by atoms with Crippen LogP contribution in [0.5, 0.6) is 0 Å². The van der Waals surface area contributed by atoms with Crippen LogP contribution in [0.25, 0.3) is 0 Å². The maximum absolute atomic E-state index is 12.3. The Morgan fingerprint density at radius 1 is 1.00 bits per heavy atom. The molecule has 0 radical (unpaired) electrons. The maximum atomic E-state index is 12.3. The smallest absolute Gasteiger partial charge is 0.231 e. The van der Waals surface area contributed by atoms with Crippen LogP contribution in [0.1, 0.15) is 12.0 Å². The zero-order valence-electron chi connectivity index (χ0n) is 15.2. The van der Waals surface area contributed by atoms with Gasteiger partial charge < -0.3 is 9.80 Å². The van der Waals surface area contributed by atoms with Crippen molar-refractivity contribution in [2.75, 3.05) is 49.1 Å². The minimum Gasteiger partial charge on any atom is -0.369 e. The molecule has 0 aromatic heterocycles. The molecule has 4 rings (SSSR count). The zero-order valence-corrected chi connectivity index (χ0v) is 17.5. The van der Waals surface area contributed by atoms with E-state index in [4.69, 9.17) is 11.6 Å². The summed E-state index contributed by atoms with van der Waals surface area (Å²) >= 11 is 9.62. The first-order valence-corrected chi connectivity index (χ1v) is 10.6. The van der Waals surface area contributed by atoms with Gasteiger partial charge in [-0.1, -0.05) is 39.7 Å². The van der Waals surface area contributed by atoms with Crippen molar-refractivity contribution in [3.63, 3.8) is 0 Å². The Morgan fingerprint density at radius 3 is 2.59 bits per heavy atom. The van der Waals surface area contributed by atoms with E-state index in [1.54, 1.807) is 0 Å². The Morgan fingerprint density at radius 2 is 1.81 bits per heavy atom. The van der Waals surface area contributed by atoms with Crippen molar-refractivity contribution < 1.29 is 4.79 Å². The minimum atomic E-state index is 0.217. The van der Waals surface area contributed by atoms with Crippen molar-refractivity contribution in [2.24, 2.45) is 0 Å². The molecule has 6 heteroatoms. The summed E-state index contributed by atoms with van der Waals surface area (Å²) in [6.45, 7) is 5.93. The van der Waals surface area contributed by atoms with Gasteiger partial charge in [0.05, 0.1) is 6.42 Å². The van der Waals surface area contributed by atoms with Crippen molar-refractivity contribution in [1.29, 1.82) is 0 Å². The molecule has 0 atom stereocenters. The third-order valence-corrected chi connectivity index (χ3v) is 6.11. The fourth-order valence-corrected chi connectivity index (χ4v) is 4.46. The number of anilines is 2. The van der Waals surface area contributed by atoms with Gasteiger partial charge in [-0.05, 0) is 48.9 Å². The Balaban J connectivity index is 1.27. The Kier molecular flexibility index (Phi) is 5.71. The van der Waals surface area contributed by atoms with Gasteiger partial charge in [-0.2, -0.15) is 0 Å². The number of piperazine rings is 1. The van der Waals surface area contributed by atoms with E-state index < -0.39 is 0 Å². The van der Waals surface area contributed by atoms with E-state index in [1.807, 2.05) is 35.2 Å². The summed E-state index contributed by atoms with van der Waals surface area (Å²) < 4.78 is 1.03. The van der Waals surface area contributed by atoms with Crippen LogP contribution in [0, 0.1) is 0 Å². The fraction of sp³-hybridized carbons (Fsp3) is 0.381. The predicted octanol–water partition coefficient (Wildman–Crippen LogP) is 4.20. The summed E-state index contributed by atoms with van der Waals surface area (Å²) in [6.07, 6.45) is 1.52. The number of nitrogens with zero attached hydrogens (tertiary/aromatic N) is 3. The lowest BCUT2D eigenvalue weighted by Crippen LogP contribution is -2.47. The number of hydrogen-bond donors (Lipinski definition) is 0. The molecular weight excluding hydrogens is 426 g/mol. The average molecular weight is 449 g/mol. The number of hydrogen-bond acceptors (Lipinski definition) is 3. The van der Waals surface area contributed by atoms with Crippen LogP contribution in [0.4, 0.5) is 11.4 Å². The van der Waals surface area contributed by atoms with E-state index in [0.29, 0.717) is 6.42 Å². The average Bonchev–Trinajstić information content (AvgIpc) is 2.97. The quantitative estimate of drug-likeness (QED) is 0.686. The molecule has 0 unspecified atom stereocenters. The maximum Gasteiger partial charge on any atom is 0.231 e. The van der Waals surface area contributed by atoms with Crippen LogP contribution in [-0.2, 0) is 11.2 Å². The number of amides is 1. The first-order chi connectivity index (χ1) is 13.1. The summed E-state index contributed by atoms with van der Waals surface area (Å²) in [7, 11) is 0. The number of carbonyl (C=O) groups is 1. The highest BCUT2D eigenvalue weighted by Gasteiger charge is 2.27. The van der Waals surface area contributed by atoms with E-state index in [-0.39, 0.29) is 5.91 Å². The minimum absolute atomic E-state index is 0.217. The lowest BCUT2D eigenvalue weighted by Gasteiger charge is -2.36. The standard InChI is InChI=1S/C21H23BrClN3O/c22-17-6-5-16-13-21(27)26(20(16)14-17)8-2-7-24-9-11-25(12-10-24)19-4-1-3-18(23)15-19/h1,3-6,14-15H,2,7-13H2. The lowest BCUT2D eigenvalue weighted by molar-refractivity contribution is -0.117. The molecule has 1 fully saturated rings. The molecule has 2 aromatic carbocycles. The third-order valence-electron chi connectivity index (χ3n) is 5.38. The number of rotatable bonds is 5. The molecule has 27 heavy (non-hydrogen) atoms. The van der Waals surface area contributed by atoms with Crippen molar-refractivity contribution in [3.05, 3.63) is 57.5 Å². The SMILES string of the molecule is O=C1Cc2ccc(Br)cc2N1CCCN1CCN(c2cccc(Cl)c2)CC1. The van der Waals surface area contributed by atoms with Crippen LogP contribution >= 0.6 is 27.5 Å². The van der Waals surface area contributed by atoms with Gasteiger partial charge in [0, 0.05) is 53.6 Å². The first kappa shape index (κ1) is 18.8. The van der Waals surface area contributed by atoms with Crippen molar-refractivity contribution >= 4 is 44.8 Å². The van der Waals surface area contributed by atoms with E-state index >= 15 is 0 Å². The Hall–Kier alpha value is -1.56. The number of benzene rings is 2. The third kappa shape index (κ3) is 4.31. The number of carbonyl (C=O) groups excluding carboxylic acids is 1. The van der Waals surface area contributed by atoms with E-state index in [1.165, 1.54) is 5.69 Å². The van der Waals surface area contributed by atoms with E-state index in [0.717, 1.165) is 66.4 Å². The highest BCUT2D eigenvalue weighted by atomic mass is 79.9. The van der Waals surface area contributed by atoms with E-state index in [9.17, 15) is 4.79 Å². The van der Waals surface area contributed by atoms with Crippen molar-refractivity contribution in [3.8, 4) is 0 Å². The lowest BCUT2D eigenvalue weighted by atomic mass is 10.2. The monoisotopic (exact) mass is 447 g/mol. The molecule has 2 aromatic rings. The summed E-state index contributed by atoms with van der Waals surface area (Å²) in [6, 6.07) is 14.2. The topological polar surface area (TPSA) is 26.8 Å². The Labute approximate surface area is 173 Å². The highest BCUT2D eigenvalue weighted by molar-refractivity contribution is 9.10. The second kappa shape index (κ2) is 8.21. The van der Waals surface area contributed by atoms with Crippen LogP contribution in [0.3, 0.4) is 0 Å². The molecule has 4 nitrogen and oxygen atoms in total. The van der Waals surface area contributed by atoms with Gasteiger partial charge in [0.15, 0.2) is 0 Å². The van der Waals surface area contributed by atoms with Crippen LogP contribution < -0.4 is 9.80 Å². The Bertz CT molecular complexity index is 836. The normalized spacial score (nSPS) is 17.5. The summed E-state index contributed by atoms with van der Waals surface area (Å²) in [4.78, 5) is 19.2. The summed E-state index contributed by atoms with van der Waals surface area (Å²) in [5.74, 6) is 0.217. The second-order valence-electron chi connectivity index (χ2n) is 7.16. The summed E-state index contributed by atoms with van der Waals surface area (Å²) in [5.41, 5.74) is 3.41. The molecule has 0 spiro atoms. The van der Waals surface area contributed by atoms with Gasteiger partial charge in [-0.3, -0.25) is 9.69 Å². The van der Waals surface area contributed by atoms with Crippen LogP contribution in [0.2, 0.25) is 5.02 Å². The van der Waals surface area contributed by atoms with Gasteiger partial charge in [-0.15, -0.1) is 0 Å². The molecule has 142 valence electrons. The molecule has 1 saturated heterocycles. The van der Waals surface area contributed by atoms with Gasteiger partial charge in [0.25, 0.3) is 0 Å². The number of fused-ring (bicyclic) bond motifs is 1. The molecule has 2 heterocycles.